The highest BCUT2D eigenvalue weighted by Crippen LogP contribution is 2.27. The Balaban J connectivity index is 1.96. The molecule has 2 aromatic rings. The van der Waals surface area contributed by atoms with E-state index in [0.717, 1.165) is 42.4 Å². The third-order valence-corrected chi connectivity index (χ3v) is 4.08. The summed E-state index contributed by atoms with van der Waals surface area (Å²) in [7, 11) is 2.01. The third-order valence-electron chi connectivity index (χ3n) is 4.08. The largest absolute Gasteiger partial charge is 0.319 e. The number of hydrogen-bond acceptors (Lipinski definition) is 5. The van der Waals surface area contributed by atoms with E-state index in [1.54, 1.807) is 6.20 Å². The van der Waals surface area contributed by atoms with Crippen LogP contribution in [0.5, 0.6) is 0 Å². The minimum Gasteiger partial charge on any atom is -0.319 e. The summed E-state index contributed by atoms with van der Waals surface area (Å²) in [5.74, 6) is 2.17. The SMILES string of the molecule is CNCC1CCc2nc(-c3ccnc(C)n3)nc(C)c2C1. The van der Waals surface area contributed by atoms with Gasteiger partial charge in [-0.3, -0.25) is 0 Å². The summed E-state index contributed by atoms with van der Waals surface area (Å²) in [6.45, 7) is 5.03. The zero-order chi connectivity index (χ0) is 14.8. The van der Waals surface area contributed by atoms with Crippen LogP contribution >= 0.6 is 0 Å². The minimum atomic E-state index is 0.692. The fourth-order valence-corrected chi connectivity index (χ4v) is 3.02. The quantitative estimate of drug-likeness (QED) is 0.931. The van der Waals surface area contributed by atoms with Crippen LogP contribution in [0.25, 0.3) is 11.5 Å². The lowest BCUT2D eigenvalue weighted by Crippen LogP contribution is -2.26. The van der Waals surface area contributed by atoms with Gasteiger partial charge < -0.3 is 5.32 Å². The molecule has 5 heteroatoms. The van der Waals surface area contributed by atoms with Crippen molar-refractivity contribution in [1.82, 2.24) is 25.3 Å². The number of hydrogen-bond donors (Lipinski definition) is 1. The molecule has 21 heavy (non-hydrogen) atoms. The Morgan fingerprint density at radius 1 is 1.24 bits per heavy atom. The zero-order valence-electron chi connectivity index (χ0n) is 12.8. The zero-order valence-corrected chi connectivity index (χ0v) is 12.8. The summed E-state index contributed by atoms with van der Waals surface area (Å²) in [6, 6.07) is 1.88. The van der Waals surface area contributed by atoms with E-state index < -0.39 is 0 Å². The molecule has 0 spiro atoms. The van der Waals surface area contributed by atoms with Crippen molar-refractivity contribution in [1.29, 1.82) is 0 Å². The van der Waals surface area contributed by atoms with Crippen LogP contribution in [0, 0.1) is 19.8 Å². The van der Waals surface area contributed by atoms with Crippen LogP contribution < -0.4 is 5.32 Å². The lowest BCUT2D eigenvalue weighted by Gasteiger charge is -2.25. The van der Waals surface area contributed by atoms with E-state index in [1.807, 2.05) is 20.0 Å². The maximum Gasteiger partial charge on any atom is 0.178 e. The van der Waals surface area contributed by atoms with Crippen LogP contribution in [0.4, 0.5) is 0 Å². The van der Waals surface area contributed by atoms with Crippen molar-refractivity contribution < 1.29 is 0 Å². The van der Waals surface area contributed by atoms with Gasteiger partial charge in [-0.1, -0.05) is 0 Å². The summed E-state index contributed by atoms with van der Waals surface area (Å²) in [5, 5.41) is 3.27. The van der Waals surface area contributed by atoms with Gasteiger partial charge in [-0.2, -0.15) is 0 Å². The Bertz CT molecular complexity index is 653. The van der Waals surface area contributed by atoms with Crippen molar-refractivity contribution in [3.05, 3.63) is 35.0 Å². The van der Waals surface area contributed by atoms with E-state index in [2.05, 4.69) is 27.2 Å². The normalized spacial score (nSPS) is 17.6. The molecule has 1 N–H and O–H groups in total. The van der Waals surface area contributed by atoms with Crippen molar-refractivity contribution in [2.45, 2.75) is 33.1 Å². The van der Waals surface area contributed by atoms with E-state index in [0.29, 0.717) is 5.92 Å². The molecule has 1 aliphatic rings. The molecule has 0 saturated carbocycles. The van der Waals surface area contributed by atoms with E-state index >= 15 is 0 Å². The van der Waals surface area contributed by atoms with Crippen molar-refractivity contribution in [3.63, 3.8) is 0 Å². The summed E-state index contributed by atoms with van der Waals surface area (Å²) in [4.78, 5) is 18.0. The van der Waals surface area contributed by atoms with Gasteiger partial charge in [0.2, 0.25) is 0 Å². The molecule has 0 radical (unpaired) electrons. The Morgan fingerprint density at radius 3 is 2.86 bits per heavy atom. The second kappa shape index (κ2) is 5.85. The van der Waals surface area contributed by atoms with E-state index in [1.165, 1.54) is 17.7 Å². The van der Waals surface area contributed by atoms with E-state index in [9.17, 15) is 0 Å². The fourth-order valence-electron chi connectivity index (χ4n) is 3.02. The predicted octanol–water partition coefficient (Wildman–Crippen LogP) is 1.87. The molecule has 1 aliphatic carbocycles. The minimum absolute atomic E-state index is 0.692. The lowest BCUT2D eigenvalue weighted by molar-refractivity contribution is 0.433. The first kappa shape index (κ1) is 14.1. The highest BCUT2D eigenvalue weighted by Gasteiger charge is 2.22. The Labute approximate surface area is 125 Å². The van der Waals surface area contributed by atoms with Gasteiger partial charge >= 0.3 is 0 Å². The molecule has 1 atom stereocenters. The number of aryl methyl sites for hydroxylation is 3. The van der Waals surface area contributed by atoms with Gasteiger partial charge in [0.1, 0.15) is 11.5 Å². The molecule has 0 amide bonds. The smallest absolute Gasteiger partial charge is 0.178 e. The molecule has 0 aliphatic heterocycles. The number of aromatic nitrogens is 4. The highest BCUT2D eigenvalue weighted by molar-refractivity contribution is 5.50. The van der Waals surface area contributed by atoms with E-state index in [-0.39, 0.29) is 0 Å². The average molecular weight is 283 g/mol. The van der Waals surface area contributed by atoms with Crippen molar-refractivity contribution in [3.8, 4) is 11.5 Å². The van der Waals surface area contributed by atoms with Gasteiger partial charge in [0.05, 0.1) is 0 Å². The number of nitrogens with one attached hydrogen (secondary N) is 1. The summed E-state index contributed by atoms with van der Waals surface area (Å²) in [5.41, 5.74) is 4.43. The van der Waals surface area contributed by atoms with E-state index in [4.69, 9.17) is 4.98 Å². The lowest BCUT2D eigenvalue weighted by atomic mass is 9.86. The van der Waals surface area contributed by atoms with Crippen molar-refractivity contribution in [2.75, 3.05) is 13.6 Å². The monoisotopic (exact) mass is 283 g/mol. The molecule has 1 unspecified atom stereocenters. The first-order valence-corrected chi connectivity index (χ1v) is 7.48. The number of rotatable bonds is 3. The molecule has 0 bridgehead atoms. The van der Waals surface area contributed by atoms with Crippen LogP contribution in [-0.2, 0) is 12.8 Å². The molecule has 0 aromatic carbocycles. The number of nitrogens with zero attached hydrogens (tertiary/aromatic N) is 4. The first-order valence-electron chi connectivity index (χ1n) is 7.48. The standard InChI is InChI=1S/C16H21N5/c1-10-13-8-12(9-17-3)4-5-14(13)21-16(19-10)15-6-7-18-11(2)20-15/h6-7,12,17H,4-5,8-9H2,1-3H3. The van der Waals surface area contributed by atoms with Gasteiger partial charge in [0.25, 0.3) is 0 Å². The maximum absolute atomic E-state index is 4.76. The van der Waals surface area contributed by atoms with Crippen LogP contribution in [0.15, 0.2) is 12.3 Å². The molecule has 5 nitrogen and oxygen atoms in total. The molecule has 0 saturated heterocycles. The average Bonchev–Trinajstić information content (AvgIpc) is 2.48. The molecular weight excluding hydrogens is 262 g/mol. The van der Waals surface area contributed by atoms with Crippen LogP contribution in [0.1, 0.15) is 29.2 Å². The Kier molecular flexibility index (Phi) is 3.92. The van der Waals surface area contributed by atoms with Gasteiger partial charge in [0, 0.05) is 17.6 Å². The molecule has 2 heterocycles. The van der Waals surface area contributed by atoms with Crippen LogP contribution in [0.2, 0.25) is 0 Å². The first-order chi connectivity index (χ1) is 10.2. The van der Waals surface area contributed by atoms with Crippen LogP contribution in [0.3, 0.4) is 0 Å². The Hall–Kier alpha value is -1.88. The maximum atomic E-state index is 4.76. The van der Waals surface area contributed by atoms with Crippen molar-refractivity contribution in [2.24, 2.45) is 5.92 Å². The van der Waals surface area contributed by atoms with Gasteiger partial charge in [0.15, 0.2) is 5.82 Å². The molecule has 3 rings (SSSR count). The topological polar surface area (TPSA) is 63.6 Å². The van der Waals surface area contributed by atoms with Gasteiger partial charge in [-0.25, -0.2) is 19.9 Å². The van der Waals surface area contributed by atoms with Gasteiger partial charge in [-0.05, 0) is 64.3 Å². The molecule has 0 fully saturated rings. The molecule has 110 valence electrons. The molecule has 2 aromatic heterocycles. The van der Waals surface area contributed by atoms with Crippen molar-refractivity contribution >= 4 is 0 Å². The number of fused-ring (bicyclic) bond motifs is 1. The third kappa shape index (κ3) is 2.93. The van der Waals surface area contributed by atoms with Gasteiger partial charge in [-0.15, -0.1) is 0 Å². The second-order valence-electron chi connectivity index (χ2n) is 5.71. The summed E-state index contributed by atoms with van der Waals surface area (Å²) in [6.07, 6.45) is 5.05. The predicted molar refractivity (Wildman–Crippen MR) is 82.0 cm³/mol. The highest BCUT2D eigenvalue weighted by atomic mass is 15.0. The summed E-state index contributed by atoms with van der Waals surface area (Å²) < 4.78 is 0. The fraction of sp³-hybridized carbons (Fsp3) is 0.500. The Morgan fingerprint density at radius 2 is 2.10 bits per heavy atom. The second-order valence-corrected chi connectivity index (χ2v) is 5.71. The molecular formula is C16H21N5. The summed E-state index contributed by atoms with van der Waals surface area (Å²) >= 11 is 0. The van der Waals surface area contributed by atoms with Crippen LogP contribution in [-0.4, -0.2) is 33.5 Å².